The van der Waals surface area contributed by atoms with E-state index in [-0.39, 0.29) is 5.57 Å². The maximum atomic E-state index is 12.7. The Balaban J connectivity index is 5.05. The monoisotopic (exact) mass is 416 g/mol. The molecule has 0 aliphatic rings. The molecule has 0 N–H and O–H groups in total. The Labute approximate surface area is 146 Å². The van der Waals surface area contributed by atoms with Crippen LogP contribution < -0.4 is 0 Å². The molecular weight excluding hydrogens is 404 g/mol. The van der Waals surface area contributed by atoms with Crippen molar-refractivity contribution in [3.63, 3.8) is 0 Å². The molecule has 0 amide bonds. The fourth-order valence-corrected chi connectivity index (χ4v) is 1.08. The number of ether oxygens (including phenoxy) is 3. The second kappa shape index (κ2) is 9.50. The van der Waals surface area contributed by atoms with E-state index in [4.69, 9.17) is 0 Å². The molecule has 0 heterocycles. The number of alkyl halides is 8. The molecule has 0 aromatic rings. The van der Waals surface area contributed by atoms with Crippen molar-refractivity contribution in [3.8, 4) is 0 Å². The van der Waals surface area contributed by atoms with Crippen LogP contribution in [0.3, 0.4) is 0 Å². The van der Waals surface area contributed by atoms with E-state index in [1.807, 2.05) is 0 Å². The largest absolute Gasteiger partial charge is 0.457 e. The van der Waals surface area contributed by atoms with Crippen molar-refractivity contribution in [2.24, 2.45) is 0 Å². The quantitative estimate of drug-likeness (QED) is 0.236. The third-order valence-electron chi connectivity index (χ3n) is 2.52. The van der Waals surface area contributed by atoms with Gasteiger partial charge in [-0.15, -0.1) is 0 Å². The van der Waals surface area contributed by atoms with Gasteiger partial charge in [0, 0.05) is 5.57 Å². The molecule has 156 valence electrons. The lowest BCUT2D eigenvalue weighted by Gasteiger charge is -2.21. The molecular formula is C13H12F8O6. The fraction of sp³-hybridized carbons (Fsp3) is 0.615. The van der Waals surface area contributed by atoms with Crippen LogP contribution in [0.25, 0.3) is 0 Å². The summed E-state index contributed by atoms with van der Waals surface area (Å²) in [6, 6.07) is 0. The van der Waals surface area contributed by atoms with Crippen LogP contribution in [-0.4, -0.2) is 61.9 Å². The van der Waals surface area contributed by atoms with Crippen LogP contribution in [0.15, 0.2) is 12.2 Å². The minimum atomic E-state index is -5.23. The molecule has 0 fully saturated rings. The second-order valence-corrected chi connectivity index (χ2v) is 4.85. The van der Waals surface area contributed by atoms with Crippen LogP contribution in [0.4, 0.5) is 35.1 Å². The highest BCUT2D eigenvalue weighted by Crippen LogP contribution is 2.25. The summed E-state index contributed by atoms with van der Waals surface area (Å²) in [6.45, 7) is 1.30. The van der Waals surface area contributed by atoms with Crippen molar-refractivity contribution in [1.82, 2.24) is 0 Å². The topological polar surface area (TPSA) is 78.9 Å². The first kappa shape index (κ1) is 24.6. The minimum absolute atomic E-state index is 0.325. The summed E-state index contributed by atoms with van der Waals surface area (Å²) in [7, 11) is 0. The van der Waals surface area contributed by atoms with Crippen LogP contribution in [0, 0.1) is 0 Å². The van der Waals surface area contributed by atoms with Crippen molar-refractivity contribution < 1.29 is 63.7 Å². The second-order valence-electron chi connectivity index (χ2n) is 4.85. The summed E-state index contributed by atoms with van der Waals surface area (Å²) < 4.78 is 111. The van der Waals surface area contributed by atoms with Crippen LogP contribution in [0.1, 0.15) is 6.92 Å². The predicted octanol–water partition coefficient (Wildman–Crippen LogP) is 2.36. The van der Waals surface area contributed by atoms with E-state index in [1.165, 1.54) is 0 Å². The van der Waals surface area contributed by atoms with E-state index in [0.29, 0.717) is 0 Å². The van der Waals surface area contributed by atoms with Gasteiger partial charge in [-0.1, -0.05) is 6.58 Å². The van der Waals surface area contributed by atoms with Crippen LogP contribution in [-0.2, 0) is 28.6 Å². The maximum absolute atomic E-state index is 12.7. The van der Waals surface area contributed by atoms with Crippen molar-refractivity contribution >= 4 is 17.9 Å². The number of carbonyl (C=O) groups is 3. The Morgan fingerprint density at radius 1 is 0.852 bits per heavy atom. The van der Waals surface area contributed by atoms with Gasteiger partial charge in [0.2, 0.25) is 0 Å². The molecule has 0 aromatic carbocycles. The van der Waals surface area contributed by atoms with E-state index >= 15 is 0 Å². The van der Waals surface area contributed by atoms with E-state index in [2.05, 4.69) is 20.8 Å². The molecule has 0 saturated heterocycles. The third-order valence-corrected chi connectivity index (χ3v) is 2.52. The van der Waals surface area contributed by atoms with Crippen LogP contribution >= 0.6 is 0 Å². The Hall–Kier alpha value is -2.41. The van der Waals surface area contributed by atoms with E-state index < -0.39 is 61.9 Å². The molecule has 14 heteroatoms. The van der Waals surface area contributed by atoms with E-state index in [9.17, 15) is 49.5 Å². The first-order valence-electron chi connectivity index (χ1n) is 6.66. The Bertz CT molecular complexity index is 541. The molecule has 0 aromatic heterocycles. The van der Waals surface area contributed by atoms with Crippen LogP contribution in [0.5, 0.6) is 0 Å². The summed E-state index contributed by atoms with van der Waals surface area (Å²) in [5.74, 6) is -17.3. The van der Waals surface area contributed by atoms with Gasteiger partial charge in [-0.3, -0.25) is 0 Å². The lowest BCUT2D eigenvalue weighted by molar-refractivity contribution is -0.203. The van der Waals surface area contributed by atoms with Crippen molar-refractivity contribution in [1.29, 1.82) is 0 Å². The van der Waals surface area contributed by atoms with Gasteiger partial charge in [0.25, 0.3) is 0 Å². The van der Waals surface area contributed by atoms with Gasteiger partial charge >= 0.3 is 42.6 Å². The Kier molecular flexibility index (Phi) is 8.66. The predicted molar refractivity (Wildman–Crippen MR) is 68.5 cm³/mol. The summed E-state index contributed by atoms with van der Waals surface area (Å²) in [4.78, 5) is 33.1. The number of rotatable bonds is 10. The lowest BCUT2D eigenvalue weighted by Crippen LogP contribution is -2.42. The average Bonchev–Trinajstić information content (AvgIpc) is 2.55. The lowest BCUT2D eigenvalue weighted by atomic mass is 10.3. The van der Waals surface area contributed by atoms with Crippen molar-refractivity contribution in [3.05, 3.63) is 12.2 Å². The molecule has 0 atom stereocenters. The highest BCUT2D eigenvalue weighted by molar-refractivity contribution is 5.87. The standard InChI is InChI=1S/C13H12F8O6/c1-5(2)7(22)27-6(3-25-10(23)12(18,19)8(14)15)4-26-11(24)13(20,21)9(16)17/h6,8-9H,1,3-4H2,2H3. The number of hydrogen-bond acceptors (Lipinski definition) is 6. The maximum Gasteiger partial charge on any atom is 0.401 e. The van der Waals surface area contributed by atoms with E-state index in [0.717, 1.165) is 6.92 Å². The Morgan fingerprint density at radius 3 is 1.44 bits per heavy atom. The normalized spacial score (nSPS) is 12.3. The summed E-state index contributed by atoms with van der Waals surface area (Å²) in [5.41, 5.74) is -0.325. The molecule has 27 heavy (non-hydrogen) atoms. The molecule has 6 nitrogen and oxygen atoms in total. The van der Waals surface area contributed by atoms with E-state index in [1.54, 1.807) is 0 Å². The minimum Gasteiger partial charge on any atom is -0.457 e. The zero-order valence-electron chi connectivity index (χ0n) is 13.3. The first-order chi connectivity index (χ1) is 12.1. The van der Waals surface area contributed by atoms with Gasteiger partial charge in [-0.25, -0.2) is 31.9 Å². The fourth-order valence-electron chi connectivity index (χ4n) is 1.08. The summed E-state index contributed by atoms with van der Waals surface area (Å²) >= 11 is 0. The van der Waals surface area contributed by atoms with Crippen molar-refractivity contribution in [2.45, 2.75) is 37.7 Å². The van der Waals surface area contributed by atoms with Crippen LogP contribution in [0.2, 0.25) is 0 Å². The zero-order valence-corrected chi connectivity index (χ0v) is 13.3. The number of esters is 3. The highest BCUT2D eigenvalue weighted by atomic mass is 19.3. The SMILES string of the molecule is C=C(C)C(=O)OC(COC(=O)C(F)(F)C(F)F)COC(=O)C(F)(F)C(F)F. The average molecular weight is 416 g/mol. The van der Waals surface area contributed by atoms with Gasteiger partial charge in [-0.2, -0.15) is 17.6 Å². The molecule has 0 bridgehead atoms. The van der Waals surface area contributed by atoms with Gasteiger partial charge < -0.3 is 14.2 Å². The van der Waals surface area contributed by atoms with Crippen molar-refractivity contribution in [2.75, 3.05) is 13.2 Å². The zero-order chi connectivity index (χ0) is 21.6. The smallest absolute Gasteiger partial charge is 0.401 e. The Morgan fingerprint density at radius 2 is 1.19 bits per heavy atom. The number of carbonyl (C=O) groups excluding carboxylic acids is 3. The van der Waals surface area contributed by atoms with Gasteiger partial charge in [0.05, 0.1) is 0 Å². The summed E-state index contributed by atoms with van der Waals surface area (Å²) in [6.07, 6.45) is -10.9. The molecule has 0 aliphatic heterocycles. The third kappa shape index (κ3) is 7.02. The molecule has 0 aliphatic carbocycles. The van der Waals surface area contributed by atoms with Gasteiger partial charge in [0.15, 0.2) is 6.10 Å². The highest BCUT2D eigenvalue weighted by Gasteiger charge is 2.52. The molecule has 0 rings (SSSR count). The molecule has 0 saturated carbocycles. The first-order valence-corrected chi connectivity index (χ1v) is 6.66. The van der Waals surface area contributed by atoms with Gasteiger partial charge in [0.1, 0.15) is 13.2 Å². The molecule has 0 unspecified atom stereocenters. The number of hydrogen-bond donors (Lipinski definition) is 0. The number of halogens is 8. The summed E-state index contributed by atoms with van der Waals surface area (Å²) in [5, 5.41) is 0. The molecule has 0 spiro atoms. The molecule has 0 radical (unpaired) electrons. The van der Waals surface area contributed by atoms with Gasteiger partial charge in [-0.05, 0) is 6.92 Å².